The summed E-state index contributed by atoms with van der Waals surface area (Å²) in [5.74, 6) is -0.528. The van der Waals surface area contributed by atoms with Crippen LogP contribution in [0.2, 0.25) is 0 Å². The van der Waals surface area contributed by atoms with Crippen LogP contribution in [0.4, 0.5) is 0 Å². The van der Waals surface area contributed by atoms with Crippen molar-refractivity contribution in [2.45, 2.75) is 46.4 Å². The highest BCUT2D eigenvalue weighted by molar-refractivity contribution is 8.01. The lowest BCUT2D eigenvalue weighted by molar-refractivity contribution is -0.218. The van der Waals surface area contributed by atoms with Gasteiger partial charge in [-0.2, -0.15) is 5.06 Å². The number of rotatable bonds is 7. The van der Waals surface area contributed by atoms with Gasteiger partial charge in [-0.15, -0.1) is 11.8 Å². The third-order valence-corrected chi connectivity index (χ3v) is 6.52. The Labute approximate surface area is 187 Å². The fourth-order valence-electron chi connectivity index (χ4n) is 3.45. The first-order valence-corrected chi connectivity index (χ1v) is 10.8. The van der Waals surface area contributed by atoms with E-state index in [9.17, 15) is 14.4 Å². The van der Waals surface area contributed by atoms with Gasteiger partial charge in [-0.05, 0) is 19.4 Å². The van der Waals surface area contributed by atoms with Crippen molar-refractivity contribution in [3.63, 3.8) is 0 Å². The standard InChI is InChI=1S/C18H20Cl3N3O4S/c1-17(2)16(23(10-25)28-9-18(19,20)21)24-14(27)13(15(24)29-17)22-12(26)8-11-6-4-3-5-7-11/h3-7,10,13,15-16H,8-9H2,1-2H3,(H,22,26). The highest BCUT2D eigenvalue weighted by atomic mass is 35.6. The maximum absolute atomic E-state index is 12.8. The number of carbonyl (C=O) groups excluding carboxylic acids is 3. The van der Waals surface area contributed by atoms with Crippen molar-refractivity contribution in [3.8, 4) is 0 Å². The second-order valence-corrected chi connectivity index (χ2v) is 11.6. The number of hydroxylamine groups is 2. The molecule has 1 aromatic carbocycles. The molecule has 3 rings (SSSR count). The van der Waals surface area contributed by atoms with Crippen LogP contribution in [0.25, 0.3) is 0 Å². The number of hydrogen-bond donors (Lipinski definition) is 1. The van der Waals surface area contributed by atoms with E-state index in [0.717, 1.165) is 10.6 Å². The Kier molecular flexibility index (Phi) is 6.60. The molecule has 1 aromatic rings. The molecule has 2 heterocycles. The molecule has 2 saturated heterocycles. The lowest BCUT2D eigenvalue weighted by Gasteiger charge is -2.46. The predicted octanol–water partition coefficient (Wildman–Crippen LogP) is 2.49. The maximum atomic E-state index is 12.8. The summed E-state index contributed by atoms with van der Waals surface area (Å²) in [5.41, 5.74) is 0.859. The number of nitrogens with zero attached hydrogens (tertiary/aromatic N) is 2. The molecule has 2 fully saturated rings. The van der Waals surface area contributed by atoms with Gasteiger partial charge < -0.3 is 10.2 Å². The van der Waals surface area contributed by atoms with Crippen LogP contribution in [0.5, 0.6) is 0 Å². The maximum Gasteiger partial charge on any atom is 0.250 e. The number of nitrogens with one attached hydrogen (secondary N) is 1. The lowest BCUT2D eigenvalue weighted by atomic mass is 10.0. The fraction of sp³-hybridized carbons (Fsp3) is 0.500. The molecule has 0 radical (unpaired) electrons. The Bertz CT molecular complexity index is 790. The average molecular weight is 481 g/mol. The van der Waals surface area contributed by atoms with Crippen LogP contribution in [0, 0.1) is 0 Å². The van der Waals surface area contributed by atoms with E-state index in [1.807, 2.05) is 44.2 Å². The highest BCUT2D eigenvalue weighted by Gasteiger charge is 2.64. The smallest absolute Gasteiger partial charge is 0.250 e. The highest BCUT2D eigenvalue weighted by Crippen LogP contribution is 2.51. The number of benzene rings is 1. The molecule has 0 saturated carbocycles. The zero-order chi connectivity index (χ0) is 21.4. The summed E-state index contributed by atoms with van der Waals surface area (Å²) in [5, 5.41) is 3.47. The topological polar surface area (TPSA) is 79.0 Å². The van der Waals surface area contributed by atoms with Gasteiger partial charge >= 0.3 is 0 Å². The third-order valence-electron chi connectivity index (χ3n) is 4.64. The molecule has 0 spiro atoms. The van der Waals surface area contributed by atoms with Gasteiger partial charge in [0.15, 0.2) is 0 Å². The molecule has 0 bridgehead atoms. The second-order valence-electron chi connectivity index (χ2n) is 7.29. The molecule has 1 N–H and O–H groups in total. The monoisotopic (exact) mass is 479 g/mol. The minimum atomic E-state index is -1.70. The molecule has 3 atom stereocenters. The number of alkyl halides is 3. The van der Waals surface area contributed by atoms with Crippen LogP contribution >= 0.6 is 46.6 Å². The van der Waals surface area contributed by atoms with E-state index in [1.54, 1.807) is 0 Å². The van der Waals surface area contributed by atoms with E-state index in [2.05, 4.69) is 5.32 Å². The third kappa shape index (κ3) is 4.94. The number of halogens is 3. The van der Waals surface area contributed by atoms with Gasteiger partial charge in [0.1, 0.15) is 24.2 Å². The molecule has 29 heavy (non-hydrogen) atoms. The van der Waals surface area contributed by atoms with Crippen molar-refractivity contribution in [2.24, 2.45) is 0 Å². The normalized spacial score (nSPS) is 25.2. The molecular formula is C18H20Cl3N3O4S. The molecule has 0 aliphatic carbocycles. The van der Waals surface area contributed by atoms with Gasteiger partial charge in [-0.25, -0.2) is 0 Å². The summed E-state index contributed by atoms with van der Waals surface area (Å²) in [4.78, 5) is 43.6. The average Bonchev–Trinajstić information content (AvgIpc) is 2.89. The van der Waals surface area contributed by atoms with Gasteiger partial charge in [0.2, 0.25) is 16.1 Å². The second kappa shape index (κ2) is 8.51. The Morgan fingerprint density at radius 2 is 2.00 bits per heavy atom. The summed E-state index contributed by atoms with van der Waals surface area (Å²) in [6.45, 7) is 3.41. The number of amides is 3. The summed E-state index contributed by atoms with van der Waals surface area (Å²) in [6, 6.07) is 8.61. The molecule has 3 amide bonds. The van der Waals surface area contributed by atoms with E-state index in [-0.39, 0.29) is 30.2 Å². The first-order valence-electron chi connectivity index (χ1n) is 8.80. The molecule has 7 nitrogen and oxygen atoms in total. The zero-order valence-corrected chi connectivity index (χ0v) is 18.8. The van der Waals surface area contributed by atoms with Crippen molar-refractivity contribution in [3.05, 3.63) is 35.9 Å². The van der Waals surface area contributed by atoms with Crippen LogP contribution in [0.1, 0.15) is 19.4 Å². The van der Waals surface area contributed by atoms with Crippen molar-refractivity contribution in [1.29, 1.82) is 0 Å². The van der Waals surface area contributed by atoms with Crippen LogP contribution in [-0.2, 0) is 25.6 Å². The van der Waals surface area contributed by atoms with Gasteiger partial charge in [0.25, 0.3) is 5.91 Å². The number of fused-ring (bicyclic) bond motifs is 1. The summed E-state index contributed by atoms with van der Waals surface area (Å²) in [7, 11) is 0. The Hall–Kier alpha value is -1.19. The molecule has 3 unspecified atom stereocenters. The van der Waals surface area contributed by atoms with E-state index in [0.29, 0.717) is 6.41 Å². The van der Waals surface area contributed by atoms with E-state index in [1.165, 1.54) is 16.7 Å². The van der Waals surface area contributed by atoms with E-state index in [4.69, 9.17) is 39.6 Å². The van der Waals surface area contributed by atoms with Gasteiger partial charge in [0, 0.05) is 0 Å². The first kappa shape index (κ1) is 22.5. The van der Waals surface area contributed by atoms with Crippen LogP contribution in [-0.4, -0.2) is 60.9 Å². The van der Waals surface area contributed by atoms with Crippen molar-refractivity contribution < 1.29 is 19.2 Å². The largest absolute Gasteiger partial charge is 0.341 e. The minimum absolute atomic E-state index is 0.182. The number of β-lactam (4-membered cyclic amide) rings is 1. The first-order chi connectivity index (χ1) is 13.5. The molecule has 2 aliphatic rings. The molecular weight excluding hydrogens is 461 g/mol. The number of thioether (sulfide) groups is 1. The minimum Gasteiger partial charge on any atom is -0.341 e. The van der Waals surface area contributed by atoms with Crippen molar-refractivity contribution in [2.75, 3.05) is 6.61 Å². The quantitative estimate of drug-likeness (QED) is 0.281. The summed E-state index contributed by atoms with van der Waals surface area (Å²) < 4.78 is -2.27. The molecule has 158 valence electrons. The fourth-order valence-corrected chi connectivity index (χ4v) is 5.21. The van der Waals surface area contributed by atoms with Crippen LogP contribution in [0.3, 0.4) is 0 Å². The van der Waals surface area contributed by atoms with E-state index >= 15 is 0 Å². The van der Waals surface area contributed by atoms with E-state index < -0.39 is 20.7 Å². The van der Waals surface area contributed by atoms with Crippen molar-refractivity contribution >= 4 is 64.8 Å². The zero-order valence-electron chi connectivity index (χ0n) is 15.7. The number of carbonyl (C=O) groups is 3. The van der Waals surface area contributed by atoms with Crippen LogP contribution < -0.4 is 5.32 Å². The SMILES string of the molecule is CC1(C)SC2C(NC(=O)Cc3ccccc3)C(=O)N2C1N(C=O)OCC(Cl)(Cl)Cl. The predicted molar refractivity (Wildman–Crippen MR) is 112 cm³/mol. The van der Waals surface area contributed by atoms with Gasteiger partial charge in [-0.1, -0.05) is 65.1 Å². The van der Waals surface area contributed by atoms with Gasteiger partial charge in [0.05, 0.1) is 11.2 Å². The Morgan fingerprint density at radius 3 is 2.59 bits per heavy atom. The molecule has 2 aliphatic heterocycles. The summed E-state index contributed by atoms with van der Waals surface area (Å²) >= 11 is 18.6. The Balaban J connectivity index is 1.67. The lowest BCUT2D eigenvalue weighted by Crippen LogP contribution is -2.72. The Morgan fingerprint density at radius 1 is 1.34 bits per heavy atom. The molecule has 0 aromatic heterocycles. The van der Waals surface area contributed by atoms with Crippen molar-refractivity contribution in [1.82, 2.24) is 15.3 Å². The number of hydrogen-bond acceptors (Lipinski definition) is 5. The van der Waals surface area contributed by atoms with Crippen LogP contribution in [0.15, 0.2) is 30.3 Å². The summed E-state index contributed by atoms with van der Waals surface area (Å²) in [6.07, 6.45) is -0.0562. The molecule has 11 heteroatoms. The van der Waals surface area contributed by atoms with Gasteiger partial charge in [-0.3, -0.25) is 19.2 Å².